The predicted octanol–water partition coefficient (Wildman–Crippen LogP) is 3.14. The number of hydrogen-bond donors (Lipinski definition) is 2. The molecule has 0 spiro atoms. The van der Waals surface area contributed by atoms with E-state index in [1.54, 1.807) is 0 Å². The number of carbonyl (C=O) groups is 1. The fourth-order valence-corrected chi connectivity index (χ4v) is 3.51. The number of ether oxygens (including phenoxy) is 1. The molecule has 3 N–H and O–H groups in total. The highest BCUT2D eigenvalue weighted by atomic mass is 32.1. The molecule has 1 aromatic heterocycles. The van der Waals surface area contributed by atoms with E-state index in [-0.39, 0.29) is 5.82 Å². The summed E-state index contributed by atoms with van der Waals surface area (Å²) in [6.07, 6.45) is 6.44. The van der Waals surface area contributed by atoms with Crippen LogP contribution in [0, 0.1) is 11.8 Å². The first-order valence-electron chi connectivity index (χ1n) is 7.23. The number of nitrogens with two attached hydrogens (primary N) is 1. The van der Waals surface area contributed by atoms with Gasteiger partial charge in [0.15, 0.2) is 5.82 Å². The van der Waals surface area contributed by atoms with Gasteiger partial charge in [-0.25, -0.2) is 4.79 Å². The summed E-state index contributed by atoms with van der Waals surface area (Å²) < 4.78 is 8.78. The summed E-state index contributed by atoms with van der Waals surface area (Å²) in [4.78, 5) is 11.7. The smallest absolute Gasteiger partial charge is 0.344 e. The Morgan fingerprint density at radius 3 is 2.65 bits per heavy atom. The molecule has 0 unspecified atom stereocenters. The highest BCUT2D eigenvalue weighted by Crippen LogP contribution is 2.32. The molecule has 0 bridgehead atoms. The first-order valence-corrected chi connectivity index (χ1v) is 8.00. The molecule has 1 saturated carbocycles. The van der Waals surface area contributed by atoms with E-state index in [1.165, 1.54) is 50.7 Å². The SMILES string of the molecule is CCC1CCC(CNc2snc(N)c2C(=O)OC)CC1. The Morgan fingerprint density at radius 2 is 2.05 bits per heavy atom. The van der Waals surface area contributed by atoms with Crippen LogP contribution < -0.4 is 11.1 Å². The van der Waals surface area contributed by atoms with Crippen molar-refractivity contribution in [3.63, 3.8) is 0 Å². The molecule has 0 saturated heterocycles. The van der Waals surface area contributed by atoms with Gasteiger partial charge in [0.2, 0.25) is 0 Å². The first-order chi connectivity index (χ1) is 9.65. The van der Waals surface area contributed by atoms with Gasteiger partial charge >= 0.3 is 5.97 Å². The number of rotatable bonds is 5. The molecule has 1 aliphatic rings. The van der Waals surface area contributed by atoms with Crippen molar-refractivity contribution in [2.24, 2.45) is 11.8 Å². The van der Waals surface area contributed by atoms with Gasteiger partial charge in [0.1, 0.15) is 10.6 Å². The van der Waals surface area contributed by atoms with Crippen molar-refractivity contribution in [3.05, 3.63) is 5.56 Å². The van der Waals surface area contributed by atoms with Crippen LogP contribution in [0.2, 0.25) is 0 Å². The van der Waals surface area contributed by atoms with Gasteiger partial charge < -0.3 is 15.8 Å². The largest absolute Gasteiger partial charge is 0.465 e. The summed E-state index contributed by atoms with van der Waals surface area (Å²) in [7, 11) is 1.36. The van der Waals surface area contributed by atoms with Crippen molar-refractivity contribution in [2.75, 3.05) is 24.7 Å². The Morgan fingerprint density at radius 1 is 1.40 bits per heavy atom. The molecule has 0 radical (unpaired) electrons. The third-order valence-corrected chi connectivity index (χ3v) is 5.02. The zero-order valence-corrected chi connectivity index (χ0v) is 13.0. The summed E-state index contributed by atoms with van der Waals surface area (Å²) in [5.74, 6) is 1.40. The molecule has 0 atom stereocenters. The van der Waals surface area contributed by atoms with Crippen molar-refractivity contribution < 1.29 is 9.53 Å². The molecule has 112 valence electrons. The number of nitrogens with zero attached hydrogens (tertiary/aromatic N) is 1. The maximum atomic E-state index is 11.7. The molecule has 1 aliphatic carbocycles. The van der Waals surface area contributed by atoms with Crippen LogP contribution in [-0.2, 0) is 4.74 Å². The van der Waals surface area contributed by atoms with E-state index in [4.69, 9.17) is 10.5 Å². The summed E-state index contributed by atoms with van der Waals surface area (Å²) in [5.41, 5.74) is 6.10. The lowest BCUT2D eigenvalue weighted by atomic mass is 9.81. The zero-order chi connectivity index (χ0) is 14.5. The number of methoxy groups -OCH3 is 1. The van der Waals surface area contributed by atoms with Crippen LogP contribution in [0.1, 0.15) is 49.4 Å². The lowest BCUT2D eigenvalue weighted by molar-refractivity contribution is 0.0603. The van der Waals surface area contributed by atoms with Crippen molar-refractivity contribution in [2.45, 2.75) is 39.0 Å². The van der Waals surface area contributed by atoms with Crippen LogP contribution in [0.25, 0.3) is 0 Å². The number of carbonyl (C=O) groups excluding carboxylic acids is 1. The number of esters is 1. The van der Waals surface area contributed by atoms with E-state index in [9.17, 15) is 4.79 Å². The second kappa shape index (κ2) is 6.92. The molecule has 1 fully saturated rings. The van der Waals surface area contributed by atoms with Crippen molar-refractivity contribution in [1.82, 2.24) is 4.37 Å². The van der Waals surface area contributed by atoms with Crippen LogP contribution in [0.3, 0.4) is 0 Å². The summed E-state index contributed by atoms with van der Waals surface area (Å²) >= 11 is 1.23. The molecule has 1 heterocycles. The van der Waals surface area contributed by atoms with Crippen molar-refractivity contribution in [3.8, 4) is 0 Å². The van der Waals surface area contributed by atoms with Crippen LogP contribution in [0.4, 0.5) is 10.8 Å². The highest BCUT2D eigenvalue weighted by molar-refractivity contribution is 7.11. The molecule has 6 heteroatoms. The monoisotopic (exact) mass is 297 g/mol. The highest BCUT2D eigenvalue weighted by Gasteiger charge is 2.23. The number of anilines is 2. The maximum absolute atomic E-state index is 11.7. The molecule has 20 heavy (non-hydrogen) atoms. The molecule has 2 rings (SSSR count). The third-order valence-electron chi connectivity index (χ3n) is 4.20. The fraction of sp³-hybridized carbons (Fsp3) is 0.714. The quantitative estimate of drug-likeness (QED) is 0.816. The van der Waals surface area contributed by atoms with Gasteiger partial charge in [-0.15, -0.1) is 0 Å². The lowest BCUT2D eigenvalue weighted by Crippen LogP contribution is -2.21. The Bertz CT molecular complexity index is 453. The van der Waals surface area contributed by atoms with Crippen LogP contribution >= 0.6 is 11.5 Å². The molecular formula is C14H23N3O2S. The molecule has 0 aliphatic heterocycles. The number of hydrogen-bond acceptors (Lipinski definition) is 6. The molecular weight excluding hydrogens is 274 g/mol. The van der Waals surface area contributed by atoms with Crippen LogP contribution in [0.5, 0.6) is 0 Å². The minimum absolute atomic E-state index is 0.249. The minimum Gasteiger partial charge on any atom is -0.465 e. The van der Waals surface area contributed by atoms with Gasteiger partial charge in [-0.1, -0.05) is 26.2 Å². The van der Waals surface area contributed by atoms with Gasteiger partial charge in [0, 0.05) is 6.54 Å². The van der Waals surface area contributed by atoms with Gasteiger partial charge in [-0.3, -0.25) is 0 Å². The maximum Gasteiger partial charge on any atom is 0.344 e. The number of nitrogens with one attached hydrogen (secondary N) is 1. The Hall–Kier alpha value is -1.30. The average Bonchev–Trinajstić information content (AvgIpc) is 2.86. The van der Waals surface area contributed by atoms with Gasteiger partial charge in [0.25, 0.3) is 0 Å². The summed E-state index contributed by atoms with van der Waals surface area (Å²) in [6, 6.07) is 0. The number of aromatic nitrogens is 1. The second-order valence-corrected chi connectivity index (χ2v) is 6.21. The van der Waals surface area contributed by atoms with E-state index in [1.807, 2.05) is 0 Å². The Kier molecular flexibility index (Phi) is 5.23. The second-order valence-electron chi connectivity index (χ2n) is 5.44. The summed E-state index contributed by atoms with van der Waals surface area (Å²) in [5, 5.41) is 4.06. The Labute approximate surface area is 124 Å². The van der Waals surface area contributed by atoms with E-state index in [0.29, 0.717) is 11.5 Å². The molecule has 0 aromatic carbocycles. The standard InChI is InChI=1S/C14H23N3O2S/c1-3-9-4-6-10(7-5-9)8-16-13-11(14(18)19-2)12(15)17-20-13/h9-10,16H,3-8H2,1-2H3,(H2,15,17). The minimum atomic E-state index is -0.423. The van der Waals surface area contributed by atoms with Gasteiger partial charge in [-0.2, -0.15) is 4.37 Å². The number of nitrogen functional groups attached to an aromatic ring is 1. The zero-order valence-electron chi connectivity index (χ0n) is 12.1. The van der Waals surface area contributed by atoms with E-state index in [0.717, 1.165) is 17.5 Å². The Balaban J connectivity index is 1.90. The fourth-order valence-electron chi connectivity index (χ4n) is 2.80. The predicted molar refractivity (Wildman–Crippen MR) is 82.1 cm³/mol. The van der Waals surface area contributed by atoms with Crippen molar-refractivity contribution >= 4 is 28.3 Å². The molecule has 0 amide bonds. The lowest BCUT2D eigenvalue weighted by Gasteiger charge is -2.27. The van der Waals surface area contributed by atoms with E-state index in [2.05, 4.69) is 16.6 Å². The summed E-state index contributed by atoms with van der Waals surface area (Å²) in [6.45, 7) is 3.15. The molecule has 5 nitrogen and oxygen atoms in total. The molecule has 1 aromatic rings. The van der Waals surface area contributed by atoms with Crippen molar-refractivity contribution in [1.29, 1.82) is 0 Å². The first kappa shape index (κ1) is 15.1. The van der Waals surface area contributed by atoms with E-state index >= 15 is 0 Å². The average molecular weight is 297 g/mol. The topological polar surface area (TPSA) is 77.2 Å². The van der Waals surface area contributed by atoms with Crippen LogP contribution in [0.15, 0.2) is 0 Å². The van der Waals surface area contributed by atoms with E-state index < -0.39 is 5.97 Å². The normalized spacial score (nSPS) is 22.5. The van der Waals surface area contributed by atoms with Gasteiger partial charge in [-0.05, 0) is 36.2 Å². The van der Waals surface area contributed by atoms with Crippen LogP contribution in [-0.4, -0.2) is 24.0 Å². The van der Waals surface area contributed by atoms with Gasteiger partial charge in [0.05, 0.1) is 7.11 Å². The third kappa shape index (κ3) is 3.42.